The molecule has 1 aromatic rings. The summed E-state index contributed by atoms with van der Waals surface area (Å²) >= 11 is 1.96. The molecule has 2 aliphatic rings. The minimum atomic E-state index is -0.773. The molecule has 1 saturated heterocycles. The Hall–Kier alpha value is -1.36. The lowest BCUT2D eigenvalue weighted by Gasteiger charge is -2.34. The van der Waals surface area contributed by atoms with Crippen LogP contribution in [0.3, 0.4) is 0 Å². The van der Waals surface area contributed by atoms with Crippen LogP contribution in [0.15, 0.2) is 18.2 Å². The Morgan fingerprint density at radius 3 is 2.50 bits per heavy atom. The highest BCUT2D eigenvalue weighted by Crippen LogP contribution is 2.43. The zero-order chi connectivity index (χ0) is 17.0. The summed E-state index contributed by atoms with van der Waals surface area (Å²) in [5.74, 6) is 2.90. The number of carboxylic acids is 1. The predicted molar refractivity (Wildman–Crippen MR) is 96.4 cm³/mol. The van der Waals surface area contributed by atoms with E-state index in [4.69, 9.17) is 9.47 Å². The Balaban J connectivity index is 1.90. The van der Waals surface area contributed by atoms with Crippen LogP contribution < -0.4 is 9.47 Å². The maximum Gasteiger partial charge on any atom is 0.314 e. The number of carboxylic acid groups (broad SMARTS) is 1. The number of methoxy groups -OCH3 is 1. The van der Waals surface area contributed by atoms with Gasteiger partial charge in [-0.15, -0.1) is 0 Å². The first kappa shape index (κ1) is 17.5. The molecule has 1 heterocycles. The number of hydrogen-bond donors (Lipinski definition) is 1. The Labute approximate surface area is 147 Å². The molecule has 24 heavy (non-hydrogen) atoms. The van der Waals surface area contributed by atoms with Crippen LogP contribution in [0.4, 0.5) is 0 Å². The van der Waals surface area contributed by atoms with Crippen molar-refractivity contribution in [2.45, 2.75) is 56.5 Å². The fraction of sp³-hybridized carbons (Fsp3) is 0.632. The van der Waals surface area contributed by atoms with Crippen LogP contribution in [0.5, 0.6) is 11.5 Å². The fourth-order valence-corrected chi connectivity index (χ4v) is 4.88. The zero-order valence-electron chi connectivity index (χ0n) is 14.3. The second-order valence-electron chi connectivity index (χ2n) is 6.74. The van der Waals surface area contributed by atoms with E-state index in [1.165, 1.54) is 0 Å². The van der Waals surface area contributed by atoms with Crippen molar-refractivity contribution in [3.05, 3.63) is 23.8 Å². The van der Waals surface area contributed by atoms with Crippen LogP contribution >= 0.6 is 11.8 Å². The molecule has 0 bridgehead atoms. The zero-order valence-corrected chi connectivity index (χ0v) is 15.1. The molecule has 0 amide bonds. The maximum atomic E-state index is 12.1. The van der Waals surface area contributed by atoms with E-state index in [1.807, 2.05) is 30.0 Å². The lowest BCUT2D eigenvalue weighted by atomic mass is 9.69. The summed E-state index contributed by atoms with van der Waals surface area (Å²) in [5.41, 5.74) is 0.0843. The number of rotatable bonds is 5. The minimum absolute atomic E-state index is 0.197. The third-order valence-corrected chi connectivity index (χ3v) is 6.34. The van der Waals surface area contributed by atoms with Crippen molar-refractivity contribution in [1.29, 1.82) is 0 Å². The third-order valence-electron chi connectivity index (χ3n) is 5.29. The molecule has 1 N–H and O–H groups in total. The van der Waals surface area contributed by atoms with E-state index in [9.17, 15) is 9.90 Å². The minimum Gasteiger partial charge on any atom is -0.493 e. The highest BCUT2D eigenvalue weighted by Gasteiger charge is 2.41. The highest BCUT2D eigenvalue weighted by atomic mass is 32.2. The first-order chi connectivity index (χ1) is 11.7. The van der Waals surface area contributed by atoms with Gasteiger partial charge in [-0.25, -0.2) is 0 Å². The van der Waals surface area contributed by atoms with Gasteiger partial charge < -0.3 is 14.6 Å². The van der Waals surface area contributed by atoms with Crippen LogP contribution in [0.2, 0.25) is 0 Å². The first-order valence-electron chi connectivity index (χ1n) is 8.82. The molecule has 132 valence electrons. The normalized spacial score (nSPS) is 21.2. The molecular weight excluding hydrogens is 324 g/mol. The van der Waals surface area contributed by atoms with E-state index in [1.54, 1.807) is 7.11 Å². The summed E-state index contributed by atoms with van der Waals surface area (Å²) in [6.45, 7) is 0. The van der Waals surface area contributed by atoms with Gasteiger partial charge in [0, 0.05) is 0 Å². The summed E-state index contributed by atoms with van der Waals surface area (Å²) in [7, 11) is 1.63. The van der Waals surface area contributed by atoms with Crippen molar-refractivity contribution >= 4 is 17.7 Å². The monoisotopic (exact) mass is 350 g/mol. The van der Waals surface area contributed by atoms with Crippen molar-refractivity contribution in [2.75, 3.05) is 18.6 Å². The van der Waals surface area contributed by atoms with Crippen molar-refractivity contribution < 1.29 is 19.4 Å². The van der Waals surface area contributed by atoms with E-state index in [0.717, 1.165) is 49.2 Å². The average molecular weight is 350 g/mol. The summed E-state index contributed by atoms with van der Waals surface area (Å²) in [6, 6.07) is 5.68. The van der Waals surface area contributed by atoms with Crippen LogP contribution in [0.1, 0.15) is 50.5 Å². The number of hydrogen-bond acceptors (Lipinski definition) is 4. The SMILES string of the molecule is COc1ccc(C2(C(=O)O)CCCCC2)cc1OC1CCSCC1. The third kappa shape index (κ3) is 3.51. The second-order valence-corrected chi connectivity index (χ2v) is 7.97. The molecule has 0 atom stereocenters. The van der Waals surface area contributed by atoms with Crippen molar-refractivity contribution in [3.8, 4) is 11.5 Å². The average Bonchev–Trinajstić information content (AvgIpc) is 2.63. The Bertz CT molecular complexity index is 575. The van der Waals surface area contributed by atoms with Gasteiger partial charge >= 0.3 is 5.97 Å². The largest absolute Gasteiger partial charge is 0.493 e. The molecule has 4 nitrogen and oxygen atoms in total. The smallest absolute Gasteiger partial charge is 0.314 e. The van der Waals surface area contributed by atoms with Crippen LogP contribution in [0.25, 0.3) is 0 Å². The van der Waals surface area contributed by atoms with Gasteiger partial charge in [-0.1, -0.05) is 25.3 Å². The topological polar surface area (TPSA) is 55.8 Å². The molecule has 0 spiro atoms. The summed E-state index contributed by atoms with van der Waals surface area (Å²) in [6.07, 6.45) is 6.71. The van der Waals surface area contributed by atoms with Gasteiger partial charge in [-0.3, -0.25) is 4.79 Å². The molecule has 1 saturated carbocycles. The van der Waals surface area contributed by atoms with Crippen LogP contribution in [-0.4, -0.2) is 35.8 Å². The molecular formula is C19H26O4S. The maximum absolute atomic E-state index is 12.1. The second kappa shape index (κ2) is 7.68. The molecule has 3 rings (SSSR count). The summed E-state index contributed by atoms with van der Waals surface area (Å²) in [5, 5.41) is 9.91. The van der Waals surface area contributed by atoms with Gasteiger partial charge in [0.15, 0.2) is 11.5 Å². The molecule has 0 aromatic heterocycles. The quantitative estimate of drug-likeness (QED) is 0.860. The Morgan fingerprint density at radius 2 is 1.88 bits per heavy atom. The lowest BCUT2D eigenvalue weighted by molar-refractivity contribution is -0.145. The number of aliphatic carboxylic acids is 1. The molecule has 0 radical (unpaired) electrons. The molecule has 5 heteroatoms. The Kier molecular flexibility index (Phi) is 5.59. The number of thioether (sulfide) groups is 1. The molecule has 0 unspecified atom stereocenters. The van der Waals surface area contributed by atoms with E-state index in [2.05, 4.69) is 0 Å². The number of carbonyl (C=O) groups is 1. The van der Waals surface area contributed by atoms with Crippen molar-refractivity contribution in [1.82, 2.24) is 0 Å². The van der Waals surface area contributed by atoms with Crippen LogP contribution in [0, 0.1) is 0 Å². The van der Waals surface area contributed by atoms with E-state index < -0.39 is 11.4 Å². The standard InChI is InChI=1S/C19H26O4S/c1-22-16-6-5-14(19(18(20)21)9-3-2-4-10-19)13-17(16)23-15-7-11-24-12-8-15/h5-6,13,15H,2-4,7-12H2,1H3,(H,20,21). The van der Waals surface area contributed by atoms with Crippen LogP contribution in [-0.2, 0) is 10.2 Å². The number of ether oxygens (including phenoxy) is 2. The van der Waals surface area contributed by atoms with E-state index >= 15 is 0 Å². The summed E-state index contributed by atoms with van der Waals surface area (Å²) in [4.78, 5) is 12.1. The van der Waals surface area contributed by atoms with E-state index in [0.29, 0.717) is 24.3 Å². The van der Waals surface area contributed by atoms with Gasteiger partial charge in [0.1, 0.15) is 6.10 Å². The Morgan fingerprint density at radius 1 is 1.17 bits per heavy atom. The van der Waals surface area contributed by atoms with Crippen molar-refractivity contribution in [2.24, 2.45) is 0 Å². The molecule has 1 aromatic carbocycles. The van der Waals surface area contributed by atoms with Gasteiger partial charge in [-0.05, 0) is 54.9 Å². The first-order valence-corrected chi connectivity index (χ1v) is 9.97. The fourth-order valence-electron chi connectivity index (χ4n) is 3.82. The molecule has 1 aliphatic heterocycles. The van der Waals surface area contributed by atoms with E-state index in [-0.39, 0.29) is 6.10 Å². The van der Waals surface area contributed by atoms with Gasteiger partial charge in [0.25, 0.3) is 0 Å². The predicted octanol–water partition coefficient (Wildman–Crippen LogP) is 4.26. The van der Waals surface area contributed by atoms with Gasteiger partial charge in [0.2, 0.25) is 0 Å². The van der Waals surface area contributed by atoms with Gasteiger partial charge in [-0.2, -0.15) is 11.8 Å². The van der Waals surface area contributed by atoms with Gasteiger partial charge in [0.05, 0.1) is 12.5 Å². The molecule has 2 fully saturated rings. The molecule has 1 aliphatic carbocycles. The highest BCUT2D eigenvalue weighted by molar-refractivity contribution is 7.99. The number of benzene rings is 1. The summed E-state index contributed by atoms with van der Waals surface area (Å²) < 4.78 is 11.6. The van der Waals surface area contributed by atoms with Crippen molar-refractivity contribution in [3.63, 3.8) is 0 Å². The lowest BCUT2D eigenvalue weighted by Crippen LogP contribution is -2.37.